The van der Waals surface area contributed by atoms with Crippen LogP contribution in [-0.2, 0) is 4.79 Å². The first kappa shape index (κ1) is 14.3. The molecule has 0 unspecified atom stereocenters. The number of hydrogen-bond donors (Lipinski definition) is 2. The Morgan fingerprint density at radius 1 is 1.50 bits per heavy atom. The van der Waals surface area contributed by atoms with E-state index in [4.69, 9.17) is 0 Å². The fourth-order valence-corrected chi connectivity index (χ4v) is 2.22. The Balaban J connectivity index is 2.20. The molecule has 1 aliphatic heterocycles. The minimum Gasteiger partial charge on any atom is -0.384 e. The quantitative estimate of drug-likeness (QED) is 0.859. The van der Waals surface area contributed by atoms with Gasteiger partial charge in [0, 0.05) is 19.6 Å². The number of aromatic nitrogens is 1. The lowest BCUT2D eigenvalue weighted by Gasteiger charge is -2.40. The van der Waals surface area contributed by atoms with Crippen LogP contribution in [0, 0.1) is 0 Å². The minimum absolute atomic E-state index is 0.138. The third kappa shape index (κ3) is 2.59. The van der Waals surface area contributed by atoms with Crippen LogP contribution in [0.3, 0.4) is 0 Å². The van der Waals surface area contributed by atoms with Crippen LogP contribution in [0.2, 0.25) is 0 Å². The second-order valence-electron chi connectivity index (χ2n) is 5.23. The summed E-state index contributed by atoms with van der Waals surface area (Å²) in [5.74, 6) is -0.353. The van der Waals surface area contributed by atoms with E-state index in [-0.39, 0.29) is 11.8 Å². The van der Waals surface area contributed by atoms with Gasteiger partial charge in [0.15, 0.2) is 0 Å². The van der Waals surface area contributed by atoms with Gasteiger partial charge in [-0.25, -0.2) is 4.98 Å². The SMILES string of the molecule is CCNc1ccc(C(=O)N2CCNC(=O)C2(C)C)nc1. The summed E-state index contributed by atoms with van der Waals surface area (Å²) in [5, 5.41) is 5.90. The van der Waals surface area contributed by atoms with Gasteiger partial charge in [0.2, 0.25) is 5.91 Å². The molecule has 6 heteroatoms. The highest BCUT2D eigenvalue weighted by Gasteiger charge is 2.40. The van der Waals surface area contributed by atoms with Crippen LogP contribution >= 0.6 is 0 Å². The van der Waals surface area contributed by atoms with Crippen LogP contribution in [0.1, 0.15) is 31.3 Å². The van der Waals surface area contributed by atoms with Gasteiger partial charge >= 0.3 is 0 Å². The number of nitrogens with zero attached hydrogens (tertiary/aromatic N) is 2. The Kier molecular flexibility index (Phi) is 3.92. The van der Waals surface area contributed by atoms with Gasteiger partial charge < -0.3 is 15.5 Å². The standard InChI is InChI=1S/C14H20N4O2/c1-4-15-10-5-6-11(17-9-10)12(19)18-8-7-16-13(20)14(18,2)3/h5-6,9,15H,4,7-8H2,1-3H3,(H,16,20). The van der Waals surface area contributed by atoms with Gasteiger partial charge in [0.1, 0.15) is 11.2 Å². The summed E-state index contributed by atoms with van der Waals surface area (Å²) >= 11 is 0. The molecule has 108 valence electrons. The van der Waals surface area contributed by atoms with Crippen molar-refractivity contribution < 1.29 is 9.59 Å². The molecule has 0 saturated carbocycles. The Bertz CT molecular complexity index is 510. The number of rotatable bonds is 3. The molecule has 2 rings (SSSR count). The Morgan fingerprint density at radius 3 is 2.85 bits per heavy atom. The first-order chi connectivity index (χ1) is 9.46. The van der Waals surface area contributed by atoms with Crippen LogP contribution in [0.4, 0.5) is 5.69 Å². The monoisotopic (exact) mass is 276 g/mol. The average molecular weight is 276 g/mol. The van der Waals surface area contributed by atoms with E-state index in [1.165, 1.54) is 0 Å². The number of anilines is 1. The molecule has 0 radical (unpaired) electrons. The molecule has 1 aromatic rings. The molecule has 0 atom stereocenters. The maximum atomic E-state index is 12.5. The van der Waals surface area contributed by atoms with Crippen LogP contribution in [0.25, 0.3) is 0 Å². The largest absolute Gasteiger partial charge is 0.384 e. The van der Waals surface area contributed by atoms with Crippen molar-refractivity contribution in [3.8, 4) is 0 Å². The zero-order valence-electron chi connectivity index (χ0n) is 12.1. The van der Waals surface area contributed by atoms with Crippen LogP contribution in [0.5, 0.6) is 0 Å². The molecule has 1 aliphatic rings. The first-order valence-corrected chi connectivity index (χ1v) is 6.77. The average Bonchev–Trinajstić information content (AvgIpc) is 2.42. The van der Waals surface area contributed by atoms with Crippen molar-refractivity contribution >= 4 is 17.5 Å². The number of nitrogens with one attached hydrogen (secondary N) is 2. The lowest BCUT2D eigenvalue weighted by atomic mass is 9.98. The van der Waals surface area contributed by atoms with Crippen molar-refractivity contribution in [2.45, 2.75) is 26.3 Å². The molecular weight excluding hydrogens is 256 g/mol. The molecule has 0 spiro atoms. The molecule has 0 bridgehead atoms. The second kappa shape index (κ2) is 5.48. The smallest absolute Gasteiger partial charge is 0.273 e. The summed E-state index contributed by atoms with van der Waals surface area (Å²) in [6, 6.07) is 3.50. The number of amides is 2. The maximum Gasteiger partial charge on any atom is 0.273 e. The Morgan fingerprint density at radius 2 is 2.25 bits per heavy atom. The summed E-state index contributed by atoms with van der Waals surface area (Å²) in [6.07, 6.45) is 1.63. The van der Waals surface area contributed by atoms with Crippen molar-refractivity contribution in [2.24, 2.45) is 0 Å². The van der Waals surface area contributed by atoms with E-state index in [0.717, 1.165) is 12.2 Å². The van der Waals surface area contributed by atoms with Gasteiger partial charge in [-0.05, 0) is 32.9 Å². The van der Waals surface area contributed by atoms with E-state index in [1.54, 1.807) is 31.0 Å². The maximum absolute atomic E-state index is 12.5. The third-order valence-electron chi connectivity index (χ3n) is 3.46. The number of pyridine rings is 1. The second-order valence-corrected chi connectivity index (χ2v) is 5.23. The van der Waals surface area contributed by atoms with Crippen molar-refractivity contribution in [3.63, 3.8) is 0 Å². The van der Waals surface area contributed by atoms with E-state index in [0.29, 0.717) is 18.8 Å². The summed E-state index contributed by atoms with van der Waals surface area (Å²) < 4.78 is 0. The molecule has 1 aromatic heterocycles. The van der Waals surface area contributed by atoms with E-state index < -0.39 is 5.54 Å². The zero-order valence-corrected chi connectivity index (χ0v) is 12.1. The molecule has 2 amide bonds. The lowest BCUT2D eigenvalue weighted by molar-refractivity contribution is -0.133. The molecule has 1 fully saturated rings. The normalized spacial score (nSPS) is 17.6. The van der Waals surface area contributed by atoms with E-state index in [2.05, 4.69) is 15.6 Å². The molecule has 0 aliphatic carbocycles. The van der Waals surface area contributed by atoms with E-state index in [1.807, 2.05) is 13.0 Å². The van der Waals surface area contributed by atoms with Gasteiger partial charge in [0.05, 0.1) is 11.9 Å². The van der Waals surface area contributed by atoms with Gasteiger partial charge in [-0.1, -0.05) is 0 Å². The van der Waals surface area contributed by atoms with Crippen molar-refractivity contribution in [1.29, 1.82) is 0 Å². The molecule has 20 heavy (non-hydrogen) atoms. The highest BCUT2D eigenvalue weighted by Crippen LogP contribution is 2.20. The summed E-state index contributed by atoms with van der Waals surface area (Å²) in [5.41, 5.74) is 0.381. The van der Waals surface area contributed by atoms with Crippen molar-refractivity contribution in [2.75, 3.05) is 25.0 Å². The third-order valence-corrected chi connectivity index (χ3v) is 3.46. The molecule has 1 saturated heterocycles. The van der Waals surface area contributed by atoms with Crippen LogP contribution in [0.15, 0.2) is 18.3 Å². The predicted octanol–water partition coefficient (Wildman–Crippen LogP) is 0.864. The summed E-state index contributed by atoms with van der Waals surface area (Å²) in [7, 11) is 0. The first-order valence-electron chi connectivity index (χ1n) is 6.77. The van der Waals surface area contributed by atoms with E-state index >= 15 is 0 Å². The van der Waals surface area contributed by atoms with Crippen LogP contribution in [-0.4, -0.2) is 46.9 Å². The predicted molar refractivity (Wildman–Crippen MR) is 76.5 cm³/mol. The molecular formula is C14H20N4O2. The molecule has 0 aromatic carbocycles. The number of hydrogen-bond acceptors (Lipinski definition) is 4. The minimum atomic E-state index is -0.850. The Labute approximate surface area is 118 Å². The highest BCUT2D eigenvalue weighted by molar-refractivity contribution is 5.98. The lowest BCUT2D eigenvalue weighted by Crippen LogP contribution is -2.63. The van der Waals surface area contributed by atoms with Gasteiger partial charge in [-0.15, -0.1) is 0 Å². The summed E-state index contributed by atoms with van der Waals surface area (Å²) in [4.78, 5) is 30.1. The number of piperazine rings is 1. The van der Waals surface area contributed by atoms with Gasteiger partial charge in [0.25, 0.3) is 5.91 Å². The highest BCUT2D eigenvalue weighted by atomic mass is 16.2. The fraction of sp³-hybridized carbons (Fsp3) is 0.500. The molecule has 6 nitrogen and oxygen atoms in total. The van der Waals surface area contributed by atoms with E-state index in [9.17, 15) is 9.59 Å². The molecule has 2 N–H and O–H groups in total. The molecule has 2 heterocycles. The number of carbonyl (C=O) groups excluding carboxylic acids is 2. The zero-order chi connectivity index (χ0) is 14.8. The van der Waals surface area contributed by atoms with Crippen molar-refractivity contribution in [3.05, 3.63) is 24.0 Å². The number of carbonyl (C=O) groups is 2. The Hall–Kier alpha value is -2.11. The fourth-order valence-electron chi connectivity index (χ4n) is 2.22. The summed E-state index contributed by atoms with van der Waals surface area (Å²) in [6.45, 7) is 7.25. The van der Waals surface area contributed by atoms with Crippen molar-refractivity contribution in [1.82, 2.24) is 15.2 Å². The van der Waals surface area contributed by atoms with Gasteiger partial charge in [-0.3, -0.25) is 9.59 Å². The van der Waals surface area contributed by atoms with Gasteiger partial charge in [-0.2, -0.15) is 0 Å². The van der Waals surface area contributed by atoms with Crippen LogP contribution < -0.4 is 10.6 Å². The topological polar surface area (TPSA) is 74.3 Å².